The maximum atomic E-state index is 14.5. The Morgan fingerprint density at radius 3 is 2.79 bits per heavy atom. The molecule has 1 fully saturated rings. The predicted octanol–water partition coefficient (Wildman–Crippen LogP) is 6.31. The molecule has 2 heterocycles. The van der Waals surface area contributed by atoms with Crippen molar-refractivity contribution in [2.24, 2.45) is 0 Å². The van der Waals surface area contributed by atoms with Gasteiger partial charge in [-0.15, -0.1) is 0 Å². The largest absolute Gasteiger partial charge is 0.385 e. The van der Waals surface area contributed by atoms with Gasteiger partial charge in [-0.3, -0.25) is 4.79 Å². The molecule has 0 N–H and O–H groups in total. The van der Waals surface area contributed by atoms with E-state index in [4.69, 9.17) is 4.74 Å². The molecule has 6 heteroatoms. The summed E-state index contributed by atoms with van der Waals surface area (Å²) in [6.07, 6.45) is 5.19. The van der Waals surface area contributed by atoms with Crippen LogP contribution in [0.25, 0.3) is 10.9 Å². The summed E-state index contributed by atoms with van der Waals surface area (Å²) in [4.78, 5) is 15.0. The lowest BCUT2D eigenvalue weighted by Gasteiger charge is -2.33. The molecule has 3 aromatic rings. The Balaban J connectivity index is 1.44. The van der Waals surface area contributed by atoms with Gasteiger partial charge in [0.1, 0.15) is 5.82 Å². The Morgan fingerprint density at radius 2 is 2.00 bits per heavy atom. The van der Waals surface area contributed by atoms with E-state index in [2.05, 4.69) is 32.6 Å². The first kappa shape index (κ1) is 24.0. The number of aryl methyl sites for hydroxylation is 2. The molecule has 1 aromatic heterocycles. The van der Waals surface area contributed by atoms with Gasteiger partial charge in [0, 0.05) is 61.2 Å². The number of amides is 1. The van der Waals surface area contributed by atoms with Gasteiger partial charge in [-0.05, 0) is 68.0 Å². The first-order valence-electron chi connectivity index (χ1n) is 11.9. The van der Waals surface area contributed by atoms with Crippen molar-refractivity contribution in [2.75, 3.05) is 26.8 Å². The second kappa shape index (κ2) is 11.3. The SMILES string of the molecule is COCCCn1c(C2CCCN(C(=O)CCCc3ccc(Br)cc3)C2)cc2c(F)cccc21. The van der Waals surface area contributed by atoms with Gasteiger partial charge in [-0.1, -0.05) is 34.1 Å². The molecule has 4 rings (SSSR count). The first-order valence-corrected chi connectivity index (χ1v) is 12.6. The number of nitrogens with zero attached hydrogens (tertiary/aromatic N) is 2. The number of hydrogen-bond acceptors (Lipinski definition) is 2. The minimum absolute atomic E-state index is 0.184. The van der Waals surface area contributed by atoms with Crippen molar-refractivity contribution in [1.29, 1.82) is 0 Å². The first-order chi connectivity index (χ1) is 16.1. The fourth-order valence-electron chi connectivity index (χ4n) is 4.92. The topological polar surface area (TPSA) is 34.5 Å². The highest BCUT2D eigenvalue weighted by Gasteiger charge is 2.27. The summed E-state index contributed by atoms with van der Waals surface area (Å²) in [6.45, 7) is 2.97. The van der Waals surface area contributed by atoms with Crippen LogP contribution < -0.4 is 0 Å². The van der Waals surface area contributed by atoms with Gasteiger partial charge in [-0.25, -0.2) is 4.39 Å². The number of piperidine rings is 1. The summed E-state index contributed by atoms with van der Waals surface area (Å²) in [5.74, 6) is 0.268. The molecule has 33 heavy (non-hydrogen) atoms. The van der Waals surface area contributed by atoms with Gasteiger partial charge in [-0.2, -0.15) is 0 Å². The molecule has 2 aromatic carbocycles. The van der Waals surface area contributed by atoms with Crippen molar-refractivity contribution in [1.82, 2.24) is 9.47 Å². The van der Waals surface area contributed by atoms with E-state index < -0.39 is 0 Å². The number of aromatic nitrogens is 1. The quantitative estimate of drug-likeness (QED) is 0.313. The van der Waals surface area contributed by atoms with Crippen molar-refractivity contribution in [3.63, 3.8) is 0 Å². The molecule has 1 amide bonds. The van der Waals surface area contributed by atoms with E-state index >= 15 is 0 Å². The lowest BCUT2D eigenvalue weighted by molar-refractivity contribution is -0.132. The van der Waals surface area contributed by atoms with Gasteiger partial charge < -0.3 is 14.2 Å². The van der Waals surface area contributed by atoms with Gasteiger partial charge >= 0.3 is 0 Å². The minimum Gasteiger partial charge on any atom is -0.385 e. The molecule has 0 spiro atoms. The van der Waals surface area contributed by atoms with Crippen LogP contribution in [0.1, 0.15) is 49.3 Å². The van der Waals surface area contributed by atoms with Crippen molar-refractivity contribution < 1.29 is 13.9 Å². The van der Waals surface area contributed by atoms with E-state index in [-0.39, 0.29) is 17.6 Å². The highest BCUT2D eigenvalue weighted by atomic mass is 79.9. The number of halogens is 2. The van der Waals surface area contributed by atoms with E-state index in [1.807, 2.05) is 29.2 Å². The zero-order valence-electron chi connectivity index (χ0n) is 19.2. The average molecular weight is 515 g/mol. The number of carbonyl (C=O) groups is 1. The van der Waals surface area contributed by atoms with E-state index in [0.717, 1.165) is 60.9 Å². The third-order valence-corrected chi connectivity index (χ3v) is 7.15. The number of carbonyl (C=O) groups excluding carboxylic acids is 1. The minimum atomic E-state index is -0.184. The predicted molar refractivity (Wildman–Crippen MR) is 134 cm³/mol. The second-order valence-electron chi connectivity index (χ2n) is 8.90. The van der Waals surface area contributed by atoms with E-state index in [1.54, 1.807) is 13.2 Å². The highest BCUT2D eigenvalue weighted by Crippen LogP contribution is 2.33. The van der Waals surface area contributed by atoms with Crippen LogP contribution in [0.2, 0.25) is 0 Å². The van der Waals surface area contributed by atoms with Crippen molar-refractivity contribution >= 4 is 32.7 Å². The van der Waals surface area contributed by atoms with Gasteiger partial charge in [0.15, 0.2) is 0 Å². The number of likely N-dealkylation sites (tertiary alicyclic amines) is 1. The molecular formula is C27H32BrFN2O2. The maximum Gasteiger partial charge on any atom is 0.222 e. The Kier molecular flexibility index (Phi) is 8.20. The molecule has 1 unspecified atom stereocenters. The molecule has 1 atom stereocenters. The molecule has 0 radical (unpaired) electrons. The summed E-state index contributed by atoms with van der Waals surface area (Å²) >= 11 is 3.46. The molecule has 1 saturated heterocycles. The normalized spacial score (nSPS) is 16.5. The van der Waals surface area contributed by atoms with Crippen molar-refractivity contribution in [3.05, 3.63) is 70.1 Å². The van der Waals surface area contributed by atoms with Crippen LogP contribution >= 0.6 is 15.9 Å². The Bertz CT molecular complexity index is 1080. The number of ether oxygens (including phenoxy) is 1. The van der Waals surface area contributed by atoms with Crippen LogP contribution in [-0.2, 0) is 22.5 Å². The number of benzene rings is 2. The smallest absolute Gasteiger partial charge is 0.222 e. The van der Waals surface area contributed by atoms with Gasteiger partial charge in [0.2, 0.25) is 5.91 Å². The fraction of sp³-hybridized carbons (Fsp3) is 0.444. The lowest BCUT2D eigenvalue weighted by Crippen LogP contribution is -2.39. The monoisotopic (exact) mass is 514 g/mol. The average Bonchev–Trinajstić information content (AvgIpc) is 3.20. The zero-order valence-corrected chi connectivity index (χ0v) is 20.8. The molecule has 176 valence electrons. The Labute approximate surface area is 203 Å². The Morgan fingerprint density at radius 1 is 1.18 bits per heavy atom. The summed E-state index contributed by atoms with van der Waals surface area (Å²) in [6, 6.07) is 15.6. The molecule has 4 nitrogen and oxygen atoms in total. The van der Waals surface area contributed by atoms with Crippen LogP contribution in [0.4, 0.5) is 4.39 Å². The zero-order chi connectivity index (χ0) is 23.2. The maximum absolute atomic E-state index is 14.5. The lowest BCUT2D eigenvalue weighted by atomic mass is 9.94. The van der Waals surface area contributed by atoms with Gasteiger partial charge in [0.25, 0.3) is 0 Å². The number of hydrogen-bond donors (Lipinski definition) is 0. The van der Waals surface area contributed by atoms with Crippen LogP contribution in [0.15, 0.2) is 53.0 Å². The van der Waals surface area contributed by atoms with Gasteiger partial charge in [0.05, 0.1) is 5.52 Å². The summed E-state index contributed by atoms with van der Waals surface area (Å²) < 4.78 is 23.1. The molecule has 0 bridgehead atoms. The Hall–Kier alpha value is -2.18. The number of fused-ring (bicyclic) bond motifs is 1. The van der Waals surface area contributed by atoms with Crippen LogP contribution in [0, 0.1) is 5.82 Å². The summed E-state index contributed by atoms with van der Waals surface area (Å²) in [7, 11) is 1.70. The van der Waals surface area contributed by atoms with Crippen LogP contribution in [0.3, 0.4) is 0 Å². The molecule has 1 aliphatic rings. The molecule has 0 saturated carbocycles. The van der Waals surface area contributed by atoms with Crippen molar-refractivity contribution in [3.8, 4) is 0 Å². The highest BCUT2D eigenvalue weighted by molar-refractivity contribution is 9.10. The molecule has 0 aliphatic carbocycles. The fourth-order valence-corrected chi connectivity index (χ4v) is 5.19. The summed E-state index contributed by atoms with van der Waals surface area (Å²) in [5.41, 5.74) is 3.32. The second-order valence-corrected chi connectivity index (χ2v) is 9.81. The summed E-state index contributed by atoms with van der Waals surface area (Å²) in [5, 5.41) is 0.669. The van der Waals surface area contributed by atoms with E-state index in [0.29, 0.717) is 25.0 Å². The third-order valence-electron chi connectivity index (χ3n) is 6.62. The van der Waals surface area contributed by atoms with E-state index in [9.17, 15) is 9.18 Å². The molecular weight excluding hydrogens is 483 g/mol. The number of rotatable bonds is 9. The third kappa shape index (κ3) is 5.85. The number of methoxy groups -OCH3 is 1. The van der Waals surface area contributed by atoms with Crippen LogP contribution in [-0.4, -0.2) is 42.2 Å². The molecule has 1 aliphatic heterocycles. The van der Waals surface area contributed by atoms with Crippen molar-refractivity contribution in [2.45, 2.75) is 51.0 Å². The van der Waals surface area contributed by atoms with Crippen LogP contribution in [0.5, 0.6) is 0 Å². The van der Waals surface area contributed by atoms with E-state index in [1.165, 1.54) is 11.6 Å². The standard InChI is InChI=1S/C27H32BrFN2O2/c1-33-17-5-16-31-25-9-3-8-24(29)23(25)18-26(31)21-7-4-15-30(19-21)27(32)10-2-6-20-11-13-22(28)14-12-20/h3,8-9,11-14,18,21H,2,4-7,10,15-17,19H2,1H3.